The lowest BCUT2D eigenvalue weighted by molar-refractivity contribution is 0.0781. The molecular formula is C18H22N4O3. The first-order chi connectivity index (χ1) is 12.0. The van der Waals surface area contributed by atoms with Crippen molar-refractivity contribution in [2.75, 3.05) is 13.1 Å². The Hall–Kier alpha value is -2.70. The van der Waals surface area contributed by atoms with Crippen LogP contribution in [0.15, 0.2) is 33.9 Å². The number of rotatable bonds is 4. The second kappa shape index (κ2) is 7.04. The zero-order valence-electron chi connectivity index (χ0n) is 14.6. The first kappa shape index (κ1) is 17.1. The van der Waals surface area contributed by atoms with Crippen molar-refractivity contribution in [2.45, 2.75) is 39.7 Å². The lowest BCUT2D eigenvalue weighted by Gasteiger charge is -2.16. The van der Waals surface area contributed by atoms with Gasteiger partial charge in [-0.2, -0.15) is 9.78 Å². The van der Waals surface area contributed by atoms with E-state index < -0.39 is 17.2 Å². The Bertz CT molecular complexity index is 890. The van der Waals surface area contributed by atoms with Crippen molar-refractivity contribution in [1.29, 1.82) is 0 Å². The van der Waals surface area contributed by atoms with Crippen LogP contribution in [-0.2, 0) is 6.54 Å². The maximum Gasteiger partial charge on any atom is 0.352 e. The van der Waals surface area contributed by atoms with Crippen molar-refractivity contribution in [3.05, 3.63) is 56.4 Å². The molecule has 1 saturated heterocycles. The number of aryl methyl sites for hydroxylation is 1. The second-order valence-corrected chi connectivity index (χ2v) is 6.33. The summed E-state index contributed by atoms with van der Waals surface area (Å²) in [5.74, 6) is -0.395. The summed E-state index contributed by atoms with van der Waals surface area (Å²) in [6.07, 6.45) is 2.46. The van der Waals surface area contributed by atoms with Crippen molar-refractivity contribution >= 4 is 5.91 Å². The highest BCUT2D eigenvalue weighted by Crippen LogP contribution is 2.10. The highest BCUT2D eigenvalue weighted by molar-refractivity contribution is 5.92. The molecule has 132 valence electrons. The van der Waals surface area contributed by atoms with Crippen LogP contribution in [0.1, 0.15) is 42.2 Å². The molecule has 0 N–H and O–H groups in total. The molecule has 1 aromatic heterocycles. The van der Waals surface area contributed by atoms with Crippen molar-refractivity contribution in [1.82, 2.24) is 19.2 Å². The Kier molecular flexibility index (Phi) is 4.83. The van der Waals surface area contributed by atoms with Crippen molar-refractivity contribution < 1.29 is 4.79 Å². The molecule has 1 amide bonds. The van der Waals surface area contributed by atoms with Crippen LogP contribution < -0.4 is 11.2 Å². The van der Waals surface area contributed by atoms with E-state index in [1.807, 2.05) is 26.0 Å². The predicted molar refractivity (Wildman–Crippen MR) is 94.3 cm³/mol. The third kappa shape index (κ3) is 3.26. The fourth-order valence-electron chi connectivity index (χ4n) is 2.99. The van der Waals surface area contributed by atoms with Gasteiger partial charge in [0.1, 0.15) is 0 Å². The van der Waals surface area contributed by atoms with Gasteiger partial charge in [0.2, 0.25) is 5.69 Å². The minimum Gasteiger partial charge on any atom is -0.337 e. The van der Waals surface area contributed by atoms with Gasteiger partial charge in [0.25, 0.3) is 11.5 Å². The Morgan fingerprint density at radius 1 is 1.12 bits per heavy atom. The van der Waals surface area contributed by atoms with Crippen LogP contribution in [0, 0.1) is 6.92 Å². The van der Waals surface area contributed by atoms with Gasteiger partial charge in [0, 0.05) is 19.6 Å². The van der Waals surface area contributed by atoms with Crippen LogP contribution in [0.3, 0.4) is 0 Å². The van der Waals surface area contributed by atoms with Crippen LogP contribution in [0.4, 0.5) is 0 Å². The first-order valence-corrected chi connectivity index (χ1v) is 8.63. The van der Waals surface area contributed by atoms with Gasteiger partial charge in [0.15, 0.2) is 0 Å². The average molecular weight is 342 g/mol. The molecule has 2 heterocycles. The molecule has 1 fully saturated rings. The van der Waals surface area contributed by atoms with Gasteiger partial charge < -0.3 is 4.90 Å². The van der Waals surface area contributed by atoms with Crippen molar-refractivity contribution in [3.8, 4) is 5.69 Å². The van der Waals surface area contributed by atoms with E-state index in [1.165, 1.54) is 0 Å². The molecule has 0 aliphatic carbocycles. The van der Waals surface area contributed by atoms with Crippen LogP contribution >= 0.6 is 0 Å². The molecular weight excluding hydrogens is 320 g/mol. The van der Waals surface area contributed by atoms with E-state index in [2.05, 4.69) is 5.10 Å². The number of likely N-dealkylation sites (tertiary alicyclic amines) is 1. The van der Waals surface area contributed by atoms with E-state index in [0.717, 1.165) is 27.7 Å². The number of hydrogen-bond donors (Lipinski definition) is 0. The van der Waals surface area contributed by atoms with E-state index in [-0.39, 0.29) is 12.2 Å². The zero-order valence-corrected chi connectivity index (χ0v) is 14.6. The maximum atomic E-state index is 12.7. The smallest absolute Gasteiger partial charge is 0.337 e. The summed E-state index contributed by atoms with van der Waals surface area (Å²) in [7, 11) is 0. The quantitative estimate of drug-likeness (QED) is 0.840. The van der Waals surface area contributed by atoms with Crippen LogP contribution in [-0.4, -0.2) is 38.2 Å². The number of carbonyl (C=O) groups is 1. The van der Waals surface area contributed by atoms with Gasteiger partial charge in [-0.25, -0.2) is 4.79 Å². The molecule has 1 aliphatic rings. The summed E-state index contributed by atoms with van der Waals surface area (Å²) < 4.78 is 2.26. The highest BCUT2D eigenvalue weighted by atomic mass is 16.2. The SMILES string of the molecule is CCCn1c(=O)c(C(=O)N2CCCC2)nn(-c2ccc(C)cc2)c1=O. The van der Waals surface area contributed by atoms with Crippen molar-refractivity contribution in [2.24, 2.45) is 0 Å². The summed E-state index contributed by atoms with van der Waals surface area (Å²) >= 11 is 0. The van der Waals surface area contributed by atoms with Gasteiger partial charge in [0.05, 0.1) is 5.69 Å². The molecule has 0 bridgehead atoms. The van der Waals surface area contributed by atoms with E-state index in [9.17, 15) is 14.4 Å². The van der Waals surface area contributed by atoms with E-state index in [4.69, 9.17) is 0 Å². The minimum absolute atomic E-state index is 0.185. The number of hydrogen-bond acceptors (Lipinski definition) is 4. The summed E-state index contributed by atoms with van der Waals surface area (Å²) in [6.45, 7) is 5.33. The van der Waals surface area contributed by atoms with Crippen LogP contribution in [0.25, 0.3) is 5.69 Å². The predicted octanol–water partition coefficient (Wildman–Crippen LogP) is 1.35. The lowest BCUT2D eigenvalue weighted by atomic mass is 10.2. The molecule has 0 unspecified atom stereocenters. The molecule has 1 aromatic carbocycles. The van der Waals surface area contributed by atoms with Gasteiger partial charge in [-0.05, 0) is 38.3 Å². The number of amides is 1. The molecule has 0 radical (unpaired) electrons. The van der Waals surface area contributed by atoms with E-state index in [1.54, 1.807) is 17.0 Å². The molecule has 25 heavy (non-hydrogen) atoms. The fraction of sp³-hybridized carbons (Fsp3) is 0.444. The van der Waals surface area contributed by atoms with Gasteiger partial charge in [-0.15, -0.1) is 0 Å². The van der Waals surface area contributed by atoms with Gasteiger partial charge in [-0.1, -0.05) is 24.6 Å². The first-order valence-electron chi connectivity index (χ1n) is 8.63. The standard InChI is InChI=1S/C18H22N4O3/c1-3-10-21-17(24)15(16(23)20-11-4-5-12-20)19-22(18(21)25)14-8-6-13(2)7-9-14/h6-9H,3-5,10-12H2,1-2H3. The third-order valence-corrected chi connectivity index (χ3v) is 4.38. The topological polar surface area (TPSA) is 77.2 Å². The number of benzene rings is 1. The monoisotopic (exact) mass is 342 g/mol. The summed E-state index contributed by atoms with van der Waals surface area (Å²) in [6, 6.07) is 7.24. The molecule has 7 nitrogen and oxygen atoms in total. The molecule has 0 atom stereocenters. The largest absolute Gasteiger partial charge is 0.352 e. The summed E-state index contributed by atoms with van der Waals surface area (Å²) in [4.78, 5) is 39.7. The minimum atomic E-state index is -0.605. The zero-order chi connectivity index (χ0) is 18.0. The Morgan fingerprint density at radius 3 is 2.36 bits per heavy atom. The van der Waals surface area contributed by atoms with Gasteiger partial charge in [-0.3, -0.25) is 14.2 Å². The van der Waals surface area contributed by atoms with Crippen LogP contribution in [0.5, 0.6) is 0 Å². The summed E-state index contributed by atoms with van der Waals surface area (Å²) in [5, 5.41) is 4.14. The molecule has 2 aromatic rings. The number of aromatic nitrogens is 3. The third-order valence-electron chi connectivity index (χ3n) is 4.38. The fourth-order valence-corrected chi connectivity index (χ4v) is 2.99. The molecule has 0 spiro atoms. The van der Waals surface area contributed by atoms with Crippen molar-refractivity contribution in [3.63, 3.8) is 0 Å². The second-order valence-electron chi connectivity index (χ2n) is 6.33. The summed E-state index contributed by atoms with van der Waals surface area (Å²) in [5.41, 5.74) is 0.277. The Balaban J connectivity index is 2.17. The lowest BCUT2D eigenvalue weighted by Crippen LogP contribution is -2.46. The molecule has 7 heteroatoms. The Morgan fingerprint density at radius 2 is 1.76 bits per heavy atom. The number of nitrogens with zero attached hydrogens (tertiary/aromatic N) is 4. The Labute approximate surface area is 145 Å². The molecule has 1 aliphatic heterocycles. The number of carbonyl (C=O) groups excluding carboxylic acids is 1. The molecule has 3 rings (SSSR count). The maximum absolute atomic E-state index is 12.7. The van der Waals surface area contributed by atoms with E-state index in [0.29, 0.717) is 25.2 Å². The molecule has 0 saturated carbocycles. The van der Waals surface area contributed by atoms with Crippen LogP contribution in [0.2, 0.25) is 0 Å². The van der Waals surface area contributed by atoms with E-state index >= 15 is 0 Å². The van der Waals surface area contributed by atoms with Gasteiger partial charge >= 0.3 is 5.69 Å². The average Bonchev–Trinajstić information content (AvgIpc) is 3.14. The highest BCUT2D eigenvalue weighted by Gasteiger charge is 2.26. The normalized spacial score (nSPS) is 14.1.